The summed E-state index contributed by atoms with van der Waals surface area (Å²) in [5, 5.41) is 3.00. The monoisotopic (exact) mass is 318 g/mol. The molecule has 2 saturated carbocycles. The van der Waals surface area contributed by atoms with Crippen LogP contribution in [0.2, 0.25) is 0 Å². The maximum atomic E-state index is 12.5. The van der Waals surface area contributed by atoms with Gasteiger partial charge in [-0.15, -0.1) is 12.4 Å². The van der Waals surface area contributed by atoms with Gasteiger partial charge in [0, 0.05) is 12.0 Å². The van der Waals surface area contributed by atoms with Crippen molar-refractivity contribution < 1.29 is 14.3 Å². The number of halogens is 1. The molecule has 2 aliphatic carbocycles. The van der Waals surface area contributed by atoms with E-state index in [-0.39, 0.29) is 36.2 Å². The Labute approximate surface area is 132 Å². The highest BCUT2D eigenvalue weighted by Gasteiger charge is 2.43. The summed E-state index contributed by atoms with van der Waals surface area (Å²) in [4.78, 5) is 24.6. The van der Waals surface area contributed by atoms with Gasteiger partial charge in [0.2, 0.25) is 5.91 Å². The summed E-state index contributed by atoms with van der Waals surface area (Å²) in [6, 6.07) is 0.111. The predicted molar refractivity (Wildman–Crippen MR) is 83.2 cm³/mol. The van der Waals surface area contributed by atoms with Crippen molar-refractivity contribution in [3.63, 3.8) is 0 Å². The van der Waals surface area contributed by atoms with Crippen LogP contribution in [-0.2, 0) is 14.3 Å². The average molecular weight is 319 g/mol. The molecule has 3 N–H and O–H groups in total. The Balaban J connectivity index is 0.00000220. The maximum Gasteiger partial charge on any atom is 0.331 e. The zero-order valence-electron chi connectivity index (χ0n) is 12.7. The van der Waals surface area contributed by atoms with Gasteiger partial charge in [-0.25, -0.2) is 4.79 Å². The van der Waals surface area contributed by atoms with Crippen LogP contribution in [0.1, 0.15) is 57.8 Å². The Morgan fingerprint density at radius 1 is 1.14 bits per heavy atom. The smallest absolute Gasteiger partial charge is 0.331 e. The number of carbonyl (C=O) groups is 2. The van der Waals surface area contributed by atoms with Crippen molar-refractivity contribution in [1.82, 2.24) is 5.32 Å². The van der Waals surface area contributed by atoms with Crippen LogP contribution < -0.4 is 11.1 Å². The van der Waals surface area contributed by atoms with Gasteiger partial charge < -0.3 is 15.8 Å². The number of ether oxygens (including phenoxy) is 1. The predicted octanol–water partition coefficient (Wildman–Crippen LogP) is 1.92. The first-order valence-electron chi connectivity index (χ1n) is 7.73. The van der Waals surface area contributed by atoms with Crippen LogP contribution in [0.4, 0.5) is 0 Å². The Hall–Kier alpha value is -0.810. The summed E-state index contributed by atoms with van der Waals surface area (Å²) in [5.74, 6) is -0.375. The highest BCUT2D eigenvalue weighted by molar-refractivity contribution is 5.89. The highest BCUT2D eigenvalue weighted by Crippen LogP contribution is 2.31. The first-order valence-corrected chi connectivity index (χ1v) is 7.73. The molecule has 0 aromatic heterocycles. The molecule has 21 heavy (non-hydrogen) atoms. The molecule has 0 saturated heterocycles. The number of methoxy groups -OCH3 is 1. The minimum absolute atomic E-state index is 0. The number of nitrogens with one attached hydrogen (secondary N) is 1. The number of nitrogens with two attached hydrogens (primary N) is 1. The first kappa shape index (κ1) is 18.2. The van der Waals surface area contributed by atoms with E-state index in [1.165, 1.54) is 7.11 Å². The number of hydrogen-bond acceptors (Lipinski definition) is 4. The van der Waals surface area contributed by atoms with Crippen LogP contribution in [0, 0.1) is 5.92 Å². The molecular weight excluding hydrogens is 292 g/mol. The van der Waals surface area contributed by atoms with Crippen molar-refractivity contribution in [2.45, 2.75) is 69.4 Å². The third-order valence-electron chi connectivity index (χ3n) is 4.73. The van der Waals surface area contributed by atoms with Crippen molar-refractivity contribution >= 4 is 24.3 Å². The lowest BCUT2D eigenvalue weighted by Gasteiger charge is -2.37. The second kappa shape index (κ2) is 7.99. The van der Waals surface area contributed by atoms with Gasteiger partial charge in [-0.1, -0.05) is 25.7 Å². The van der Waals surface area contributed by atoms with Crippen molar-refractivity contribution in [3.05, 3.63) is 0 Å². The molecule has 2 aliphatic rings. The average Bonchev–Trinajstić information content (AvgIpc) is 2.47. The molecule has 0 aliphatic heterocycles. The van der Waals surface area contributed by atoms with Gasteiger partial charge in [0.05, 0.1) is 7.11 Å². The molecule has 0 bridgehead atoms. The molecule has 0 aromatic carbocycles. The van der Waals surface area contributed by atoms with Crippen LogP contribution in [0.3, 0.4) is 0 Å². The standard InChI is InChI=1S/C15H26N2O3.ClH/c1-20-14(19)15(8-3-2-4-9-15)17-13(18)11-6-5-7-12(16)10-11;/h11-12H,2-10,16H2,1H3,(H,17,18);1H. The van der Waals surface area contributed by atoms with E-state index in [9.17, 15) is 9.59 Å². The first-order chi connectivity index (χ1) is 9.57. The van der Waals surface area contributed by atoms with Gasteiger partial charge in [0.25, 0.3) is 0 Å². The van der Waals surface area contributed by atoms with Gasteiger partial charge in [-0.05, 0) is 32.1 Å². The zero-order valence-corrected chi connectivity index (χ0v) is 13.5. The lowest BCUT2D eigenvalue weighted by molar-refractivity contribution is -0.153. The third-order valence-corrected chi connectivity index (χ3v) is 4.73. The van der Waals surface area contributed by atoms with Gasteiger partial charge in [0.15, 0.2) is 0 Å². The van der Waals surface area contributed by atoms with E-state index in [2.05, 4.69) is 5.32 Å². The molecule has 2 fully saturated rings. The van der Waals surface area contributed by atoms with E-state index >= 15 is 0 Å². The quantitative estimate of drug-likeness (QED) is 0.779. The number of hydrogen-bond donors (Lipinski definition) is 2. The molecule has 0 aromatic rings. The fourth-order valence-electron chi connectivity index (χ4n) is 3.53. The molecule has 0 radical (unpaired) electrons. The second-order valence-corrected chi connectivity index (χ2v) is 6.25. The Kier molecular flexibility index (Phi) is 6.94. The van der Waals surface area contributed by atoms with Gasteiger partial charge in [-0.2, -0.15) is 0 Å². The second-order valence-electron chi connectivity index (χ2n) is 6.25. The normalized spacial score (nSPS) is 28.1. The lowest BCUT2D eigenvalue weighted by atomic mass is 9.80. The van der Waals surface area contributed by atoms with Crippen LogP contribution in [0.25, 0.3) is 0 Å². The number of carbonyl (C=O) groups excluding carboxylic acids is 2. The molecule has 2 rings (SSSR count). The molecule has 2 atom stereocenters. The third kappa shape index (κ3) is 4.33. The van der Waals surface area contributed by atoms with E-state index in [1.807, 2.05) is 0 Å². The summed E-state index contributed by atoms with van der Waals surface area (Å²) in [6.45, 7) is 0. The van der Waals surface area contributed by atoms with Gasteiger partial charge in [-0.3, -0.25) is 4.79 Å². The lowest BCUT2D eigenvalue weighted by Crippen LogP contribution is -2.57. The van der Waals surface area contributed by atoms with E-state index < -0.39 is 5.54 Å². The topological polar surface area (TPSA) is 81.4 Å². The molecule has 0 heterocycles. The van der Waals surface area contributed by atoms with Crippen LogP contribution in [0.5, 0.6) is 0 Å². The van der Waals surface area contributed by atoms with Crippen LogP contribution in [0.15, 0.2) is 0 Å². The van der Waals surface area contributed by atoms with E-state index in [1.54, 1.807) is 0 Å². The Morgan fingerprint density at radius 3 is 2.38 bits per heavy atom. The van der Waals surface area contributed by atoms with E-state index in [0.29, 0.717) is 12.8 Å². The van der Waals surface area contributed by atoms with Crippen LogP contribution >= 0.6 is 12.4 Å². The summed E-state index contributed by atoms with van der Waals surface area (Å²) in [6.07, 6.45) is 7.98. The SMILES string of the molecule is COC(=O)C1(NC(=O)C2CCCC(N)C2)CCCCC1.Cl. The Morgan fingerprint density at radius 2 is 1.81 bits per heavy atom. The summed E-state index contributed by atoms with van der Waals surface area (Å²) in [5.41, 5.74) is 5.14. The number of amides is 1. The summed E-state index contributed by atoms with van der Waals surface area (Å²) >= 11 is 0. The fourth-order valence-corrected chi connectivity index (χ4v) is 3.53. The zero-order chi connectivity index (χ0) is 14.6. The number of esters is 1. The number of rotatable bonds is 3. The minimum atomic E-state index is -0.800. The fraction of sp³-hybridized carbons (Fsp3) is 0.867. The molecule has 1 amide bonds. The molecule has 6 heteroatoms. The van der Waals surface area contributed by atoms with Crippen molar-refractivity contribution in [2.75, 3.05) is 7.11 Å². The molecule has 5 nitrogen and oxygen atoms in total. The Bertz CT molecular complexity index is 370. The van der Waals surface area contributed by atoms with Crippen molar-refractivity contribution in [1.29, 1.82) is 0 Å². The largest absolute Gasteiger partial charge is 0.467 e. The van der Waals surface area contributed by atoms with Gasteiger partial charge in [0.1, 0.15) is 5.54 Å². The molecule has 0 spiro atoms. The molecule has 122 valence electrons. The molecular formula is C15H27ClN2O3. The maximum absolute atomic E-state index is 12.5. The van der Waals surface area contributed by atoms with Crippen molar-refractivity contribution in [3.8, 4) is 0 Å². The van der Waals surface area contributed by atoms with Crippen molar-refractivity contribution in [2.24, 2.45) is 11.7 Å². The van der Waals surface area contributed by atoms with E-state index in [4.69, 9.17) is 10.5 Å². The minimum Gasteiger partial charge on any atom is -0.467 e. The summed E-state index contributed by atoms with van der Waals surface area (Å²) in [7, 11) is 1.39. The summed E-state index contributed by atoms with van der Waals surface area (Å²) < 4.78 is 4.92. The van der Waals surface area contributed by atoms with Gasteiger partial charge >= 0.3 is 5.97 Å². The van der Waals surface area contributed by atoms with E-state index in [0.717, 1.165) is 44.9 Å². The van der Waals surface area contributed by atoms with Crippen LogP contribution in [-0.4, -0.2) is 30.6 Å². The molecule has 2 unspecified atom stereocenters. The highest BCUT2D eigenvalue weighted by atomic mass is 35.5.